The van der Waals surface area contributed by atoms with E-state index in [-0.39, 0.29) is 5.69 Å². The van der Waals surface area contributed by atoms with Gasteiger partial charge in [-0.05, 0) is 33.4 Å². The number of nitrogens with zero attached hydrogens (tertiary/aromatic N) is 2. The molecule has 1 N–H and O–H groups in total. The van der Waals surface area contributed by atoms with Crippen LogP contribution in [-0.2, 0) is 0 Å². The average molecular weight is 253 g/mol. The van der Waals surface area contributed by atoms with E-state index in [4.69, 9.17) is 5.11 Å². The summed E-state index contributed by atoms with van der Waals surface area (Å²) in [6.07, 6.45) is 3.14. The van der Waals surface area contributed by atoms with Crippen molar-refractivity contribution in [3.63, 3.8) is 0 Å². The molecule has 2 rings (SSSR count). The van der Waals surface area contributed by atoms with E-state index in [9.17, 15) is 4.79 Å². The summed E-state index contributed by atoms with van der Waals surface area (Å²) >= 11 is 3.22. The third-order valence-corrected chi connectivity index (χ3v) is 2.22. The fourth-order valence-electron chi connectivity index (χ4n) is 1.13. The maximum absolute atomic E-state index is 10.6. The van der Waals surface area contributed by atoms with Gasteiger partial charge in [0.25, 0.3) is 0 Å². The van der Waals surface area contributed by atoms with Crippen LogP contribution < -0.4 is 0 Å². The van der Waals surface area contributed by atoms with Crippen LogP contribution in [0.5, 0.6) is 0 Å². The van der Waals surface area contributed by atoms with Gasteiger partial charge in [0, 0.05) is 17.8 Å². The highest BCUT2D eigenvalue weighted by atomic mass is 79.9. The summed E-state index contributed by atoms with van der Waals surface area (Å²) in [4.78, 5) is 18.4. The highest BCUT2D eigenvalue weighted by Gasteiger charge is 2.05. The number of carbonyl (C=O) groups is 1. The van der Waals surface area contributed by atoms with Crippen molar-refractivity contribution in [1.29, 1.82) is 0 Å². The summed E-state index contributed by atoms with van der Waals surface area (Å²) in [6.45, 7) is 0. The number of fused-ring (bicyclic) bond motifs is 1. The number of rotatable bonds is 1. The van der Waals surface area contributed by atoms with Crippen molar-refractivity contribution in [2.75, 3.05) is 0 Å². The van der Waals surface area contributed by atoms with Crippen LogP contribution in [0.15, 0.2) is 29.1 Å². The SMILES string of the molecule is O=C(O)c1cc2cc(Br)ncc2cn1. The minimum Gasteiger partial charge on any atom is -0.477 e. The lowest BCUT2D eigenvalue weighted by Gasteiger charge is -1.98. The fourth-order valence-corrected chi connectivity index (χ4v) is 1.48. The predicted molar refractivity (Wildman–Crippen MR) is 54.2 cm³/mol. The lowest BCUT2D eigenvalue weighted by atomic mass is 10.2. The molecule has 0 spiro atoms. The molecule has 0 bridgehead atoms. The number of aromatic nitrogens is 2. The monoisotopic (exact) mass is 252 g/mol. The number of carboxylic acid groups (broad SMARTS) is 1. The Hall–Kier alpha value is -1.49. The zero-order valence-electron chi connectivity index (χ0n) is 6.94. The molecular formula is C9H5BrN2O2. The van der Waals surface area contributed by atoms with Gasteiger partial charge in [0.1, 0.15) is 10.3 Å². The van der Waals surface area contributed by atoms with Gasteiger partial charge in [-0.15, -0.1) is 0 Å². The zero-order chi connectivity index (χ0) is 10.1. The van der Waals surface area contributed by atoms with Gasteiger partial charge in [-0.25, -0.2) is 14.8 Å². The van der Waals surface area contributed by atoms with Gasteiger partial charge < -0.3 is 5.11 Å². The van der Waals surface area contributed by atoms with Crippen LogP contribution in [0.4, 0.5) is 0 Å². The molecule has 0 aliphatic heterocycles. The summed E-state index contributed by atoms with van der Waals surface area (Å²) in [7, 11) is 0. The molecule has 0 aromatic carbocycles. The minimum atomic E-state index is -1.03. The number of hydrogen-bond acceptors (Lipinski definition) is 3. The highest BCUT2D eigenvalue weighted by Crippen LogP contribution is 2.17. The molecule has 0 fully saturated rings. The van der Waals surface area contributed by atoms with Gasteiger partial charge in [0.2, 0.25) is 0 Å². The quantitative estimate of drug-likeness (QED) is 0.790. The van der Waals surface area contributed by atoms with E-state index in [1.807, 2.05) is 0 Å². The fraction of sp³-hybridized carbons (Fsp3) is 0. The van der Waals surface area contributed by atoms with Crippen LogP contribution in [0.1, 0.15) is 10.5 Å². The molecule has 0 unspecified atom stereocenters. The first-order valence-electron chi connectivity index (χ1n) is 3.81. The normalized spacial score (nSPS) is 10.4. The van der Waals surface area contributed by atoms with Gasteiger partial charge in [-0.2, -0.15) is 0 Å². The Balaban J connectivity index is 2.69. The molecule has 0 saturated carbocycles. The second-order valence-electron chi connectivity index (χ2n) is 2.73. The number of carboxylic acids is 1. The second-order valence-corrected chi connectivity index (χ2v) is 3.54. The molecule has 5 heteroatoms. The van der Waals surface area contributed by atoms with Crippen molar-refractivity contribution in [3.05, 3.63) is 34.8 Å². The second kappa shape index (κ2) is 3.34. The molecule has 0 atom stereocenters. The van der Waals surface area contributed by atoms with Crippen LogP contribution in [-0.4, -0.2) is 21.0 Å². The summed E-state index contributed by atoms with van der Waals surface area (Å²) in [5.74, 6) is -1.03. The summed E-state index contributed by atoms with van der Waals surface area (Å²) in [5.41, 5.74) is 0.0376. The number of aromatic carboxylic acids is 1. The van der Waals surface area contributed by atoms with E-state index < -0.39 is 5.97 Å². The maximum Gasteiger partial charge on any atom is 0.354 e. The van der Waals surface area contributed by atoms with E-state index in [0.717, 1.165) is 10.8 Å². The van der Waals surface area contributed by atoms with Gasteiger partial charge in [0.05, 0.1) is 0 Å². The molecule has 0 amide bonds. The molecule has 4 nitrogen and oxygen atoms in total. The first-order chi connectivity index (χ1) is 6.66. The standard InChI is InChI=1S/C9H5BrN2O2/c10-8-2-5-1-7(9(13)14)11-3-6(5)4-12-8/h1-4H,(H,13,14). The van der Waals surface area contributed by atoms with Crippen molar-refractivity contribution in [2.24, 2.45) is 0 Å². The minimum absolute atomic E-state index is 0.0376. The topological polar surface area (TPSA) is 63.1 Å². The van der Waals surface area contributed by atoms with Crippen molar-refractivity contribution in [1.82, 2.24) is 9.97 Å². The Labute approximate surface area is 87.7 Å². The Morgan fingerprint density at radius 2 is 1.93 bits per heavy atom. The van der Waals surface area contributed by atoms with Crippen LogP contribution >= 0.6 is 15.9 Å². The number of halogens is 1. The van der Waals surface area contributed by atoms with Crippen LogP contribution in [0.25, 0.3) is 10.8 Å². The molecule has 14 heavy (non-hydrogen) atoms. The van der Waals surface area contributed by atoms with Gasteiger partial charge in [-0.1, -0.05) is 0 Å². The Kier molecular flexibility index (Phi) is 2.17. The van der Waals surface area contributed by atoms with Crippen LogP contribution in [0.3, 0.4) is 0 Å². The Bertz CT molecular complexity index is 513. The Morgan fingerprint density at radius 3 is 2.64 bits per heavy atom. The van der Waals surface area contributed by atoms with Crippen molar-refractivity contribution in [3.8, 4) is 0 Å². The summed E-state index contributed by atoms with van der Waals surface area (Å²) in [6, 6.07) is 3.27. The van der Waals surface area contributed by atoms with Crippen LogP contribution in [0.2, 0.25) is 0 Å². The molecule has 0 radical (unpaired) electrons. The number of hydrogen-bond donors (Lipinski definition) is 1. The lowest BCUT2D eigenvalue weighted by Crippen LogP contribution is -1.99. The molecule has 2 aromatic heterocycles. The molecule has 2 aromatic rings. The Morgan fingerprint density at radius 1 is 1.21 bits per heavy atom. The highest BCUT2D eigenvalue weighted by molar-refractivity contribution is 9.10. The zero-order valence-corrected chi connectivity index (χ0v) is 8.52. The molecule has 2 heterocycles. The maximum atomic E-state index is 10.6. The van der Waals surface area contributed by atoms with Gasteiger partial charge in [-0.3, -0.25) is 0 Å². The summed E-state index contributed by atoms with van der Waals surface area (Å²) < 4.78 is 0.674. The van der Waals surface area contributed by atoms with E-state index in [0.29, 0.717) is 4.60 Å². The van der Waals surface area contributed by atoms with E-state index >= 15 is 0 Å². The van der Waals surface area contributed by atoms with E-state index in [1.54, 1.807) is 12.3 Å². The third kappa shape index (κ3) is 1.58. The molecule has 0 saturated heterocycles. The van der Waals surface area contributed by atoms with E-state index in [1.165, 1.54) is 12.3 Å². The smallest absolute Gasteiger partial charge is 0.354 e. The predicted octanol–water partition coefficient (Wildman–Crippen LogP) is 2.09. The van der Waals surface area contributed by atoms with Gasteiger partial charge >= 0.3 is 5.97 Å². The first kappa shape index (κ1) is 9.08. The van der Waals surface area contributed by atoms with Crippen molar-refractivity contribution < 1.29 is 9.90 Å². The lowest BCUT2D eigenvalue weighted by molar-refractivity contribution is 0.0691. The third-order valence-electron chi connectivity index (χ3n) is 1.79. The first-order valence-corrected chi connectivity index (χ1v) is 4.61. The average Bonchev–Trinajstić information content (AvgIpc) is 2.16. The van der Waals surface area contributed by atoms with E-state index in [2.05, 4.69) is 25.9 Å². The molecule has 0 aliphatic rings. The van der Waals surface area contributed by atoms with Crippen molar-refractivity contribution in [2.45, 2.75) is 0 Å². The molecular weight excluding hydrogens is 248 g/mol. The number of pyridine rings is 2. The summed E-state index contributed by atoms with van der Waals surface area (Å²) in [5, 5.41) is 10.3. The van der Waals surface area contributed by atoms with Crippen LogP contribution in [0, 0.1) is 0 Å². The van der Waals surface area contributed by atoms with Crippen molar-refractivity contribution >= 4 is 32.7 Å². The largest absolute Gasteiger partial charge is 0.477 e. The molecule has 70 valence electrons. The van der Waals surface area contributed by atoms with Gasteiger partial charge in [0.15, 0.2) is 0 Å². The molecule has 0 aliphatic carbocycles.